The molecule has 0 spiro atoms. The van der Waals surface area contributed by atoms with Gasteiger partial charge in [0.25, 0.3) is 0 Å². The van der Waals surface area contributed by atoms with Crippen LogP contribution in [0.4, 0.5) is 9.59 Å². The zero-order valence-electron chi connectivity index (χ0n) is 23.3. The smallest absolute Gasteiger partial charge is 0.429 e. The van der Waals surface area contributed by atoms with Gasteiger partial charge in [-0.25, -0.2) is 9.59 Å². The van der Waals surface area contributed by atoms with Crippen molar-refractivity contribution >= 4 is 59.8 Å². The number of carbonyl (C=O) groups is 2. The van der Waals surface area contributed by atoms with E-state index in [0.717, 1.165) is 44.5 Å². The van der Waals surface area contributed by atoms with Crippen molar-refractivity contribution < 1.29 is 28.5 Å². The molecule has 0 fully saturated rings. The number of benzene rings is 4. The molecule has 0 aliphatic carbocycles. The zero-order chi connectivity index (χ0) is 30.3. The Morgan fingerprint density at radius 1 is 0.395 bits per heavy atom. The summed E-state index contributed by atoms with van der Waals surface area (Å²) in [4.78, 5) is 24.1. The molecule has 0 aromatic heterocycles. The second-order valence-electron chi connectivity index (χ2n) is 9.39. The van der Waals surface area contributed by atoms with Crippen LogP contribution in [-0.2, 0) is 45.4 Å². The Morgan fingerprint density at radius 3 is 0.767 bits per heavy atom. The predicted molar refractivity (Wildman–Crippen MR) is 170 cm³/mol. The summed E-state index contributed by atoms with van der Waals surface area (Å²) >= 11 is 9.53. The van der Waals surface area contributed by atoms with Gasteiger partial charge in [0.2, 0.25) is 0 Å². The van der Waals surface area contributed by atoms with Crippen molar-refractivity contribution in [1.82, 2.24) is 0 Å². The van der Waals surface area contributed by atoms with E-state index in [2.05, 4.69) is 0 Å². The van der Waals surface area contributed by atoms with Crippen molar-refractivity contribution in [3.05, 3.63) is 142 Å². The van der Waals surface area contributed by atoms with Gasteiger partial charge in [-0.15, -0.1) is 23.2 Å². The van der Waals surface area contributed by atoms with Gasteiger partial charge in [-0.05, 0) is 44.5 Å². The molecule has 220 valence electrons. The van der Waals surface area contributed by atoms with Gasteiger partial charge < -0.3 is 18.9 Å². The Hall–Kier alpha value is -4.52. The SMILES string of the molecule is ClCCl.O=C1OCc2ccc(cc2)/C=C\c2ccc(cc2)COC(=O)OCc2ccc(cc2)/C=C\c2ccc(cc2)CO1. The van der Waals surface area contributed by atoms with Crippen LogP contribution in [-0.4, -0.2) is 17.6 Å². The van der Waals surface area contributed by atoms with Crippen LogP contribution >= 0.6 is 23.2 Å². The number of hydrogen-bond acceptors (Lipinski definition) is 6. The van der Waals surface area contributed by atoms with Crippen molar-refractivity contribution in [1.29, 1.82) is 0 Å². The number of alkyl halides is 2. The monoisotopic (exact) mass is 616 g/mol. The first kappa shape index (κ1) is 31.4. The molecule has 0 saturated heterocycles. The topological polar surface area (TPSA) is 71.1 Å². The van der Waals surface area contributed by atoms with E-state index in [-0.39, 0.29) is 31.8 Å². The minimum atomic E-state index is -0.709. The van der Waals surface area contributed by atoms with Gasteiger partial charge in [0.15, 0.2) is 0 Å². The van der Waals surface area contributed by atoms with Crippen LogP contribution in [0.2, 0.25) is 0 Å². The Balaban J connectivity index is 0.00000135. The Bertz CT molecular complexity index is 1280. The van der Waals surface area contributed by atoms with E-state index in [1.165, 1.54) is 0 Å². The summed E-state index contributed by atoms with van der Waals surface area (Å²) in [5.74, 6) is 0. The molecule has 0 radical (unpaired) electrons. The molecular formula is C35H30Cl2O6. The summed E-state index contributed by atoms with van der Waals surface area (Å²) in [5.41, 5.74) is 7.49. The average Bonchev–Trinajstić information content (AvgIpc) is 3.04. The third kappa shape index (κ3) is 11.0. The quantitative estimate of drug-likeness (QED) is 0.145. The van der Waals surface area contributed by atoms with Gasteiger partial charge in [-0.2, -0.15) is 0 Å². The lowest BCUT2D eigenvalue weighted by Gasteiger charge is -2.08. The van der Waals surface area contributed by atoms with Crippen LogP contribution in [0.25, 0.3) is 24.3 Å². The van der Waals surface area contributed by atoms with Crippen LogP contribution in [0.1, 0.15) is 44.5 Å². The highest BCUT2D eigenvalue weighted by Gasteiger charge is 2.07. The van der Waals surface area contributed by atoms with E-state index in [1.807, 2.05) is 121 Å². The van der Waals surface area contributed by atoms with Gasteiger partial charge in [0, 0.05) is 0 Å². The van der Waals surface area contributed by atoms with Gasteiger partial charge in [-0.3, -0.25) is 0 Å². The normalized spacial score (nSPS) is 15.2. The van der Waals surface area contributed by atoms with Crippen LogP contribution in [0.15, 0.2) is 97.1 Å². The summed E-state index contributed by atoms with van der Waals surface area (Å²) in [7, 11) is 0. The molecule has 11 rings (SSSR count). The van der Waals surface area contributed by atoms with E-state index >= 15 is 0 Å². The van der Waals surface area contributed by atoms with Crippen molar-refractivity contribution in [2.24, 2.45) is 0 Å². The highest BCUT2D eigenvalue weighted by Crippen LogP contribution is 2.15. The molecule has 4 aromatic carbocycles. The fourth-order valence-corrected chi connectivity index (χ4v) is 3.94. The minimum absolute atomic E-state index is 0.130. The van der Waals surface area contributed by atoms with Gasteiger partial charge in [0.1, 0.15) is 26.4 Å². The molecule has 8 heteroatoms. The summed E-state index contributed by atoms with van der Waals surface area (Å²) in [6.45, 7) is 0.518. The van der Waals surface area contributed by atoms with Gasteiger partial charge >= 0.3 is 12.3 Å². The maximum Gasteiger partial charge on any atom is 0.508 e. The lowest BCUT2D eigenvalue weighted by atomic mass is 10.1. The summed E-state index contributed by atoms with van der Waals surface area (Å²) < 4.78 is 21.0. The van der Waals surface area contributed by atoms with E-state index < -0.39 is 12.3 Å². The van der Waals surface area contributed by atoms with E-state index in [1.54, 1.807) is 0 Å². The van der Waals surface area contributed by atoms with Crippen LogP contribution in [0.5, 0.6) is 0 Å². The van der Waals surface area contributed by atoms with Crippen LogP contribution in [0, 0.1) is 0 Å². The molecule has 8 bridgehead atoms. The predicted octanol–water partition coefficient (Wildman–Crippen LogP) is 9.47. The lowest BCUT2D eigenvalue weighted by Crippen LogP contribution is -2.07. The third-order valence-corrected chi connectivity index (χ3v) is 6.28. The first-order valence-electron chi connectivity index (χ1n) is 13.4. The average molecular weight is 618 g/mol. The van der Waals surface area contributed by atoms with E-state index in [4.69, 9.17) is 42.1 Å². The van der Waals surface area contributed by atoms with Crippen LogP contribution in [0.3, 0.4) is 0 Å². The molecule has 6 nitrogen and oxygen atoms in total. The standard InChI is InChI=1S/C34H28O6.CH2Cl2/c35-33-37-21-29-13-5-25(6-14-29)1-2-26-7-15-30(16-8-26)22-38-34(36)40-24-32-19-11-28(12-20-32)4-3-27-9-17-31(18-10-27)23-39-33;2-1-3/h1-20H,21-24H2;1H2/b2-1-,4-3-;. The minimum Gasteiger partial charge on any atom is -0.429 e. The zero-order valence-corrected chi connectivity index (χ0v) is 24.8. The Kier molecular flexibility index (Phi) is 12.3. The Labute approximate surface area is 261 Å². The summed E-state index contributed by atoms with van der Waals surface area (Å²) in [6.07, 6.45) is 6.56. The fourth-order valence-electron chi connectivity index (χ4n) is 3.94. The molecule has 0 amide bonds. The molecule has 4 aromatic rings. The maximum absolute atomic E-state index is 12.1. The number of rotatable bonds is 0. The molecule has 7 heterocycles. The van der Waals surface area contributed by atoms with Gasteiger partial charge in [0.05, 0.1) is 5.34 Å². The molecule has 0 unspecified atom stereocenters. The molecule has 0 N–H and O–H groups in total. The highest BCUT2D eigenvalue weighted by atomic mass is 35.5. The molecule has 0 atom stereocenters. The van der Waals surface area contributed by atoms with Crippen molar-refractivity contribution in [3.63, 3.8) is 0 Å². The maximum atomic E-state index is 12.1. The van der Waals surface area contributed by atoms with E-state index in [0.29, 0.717) is 0 Å². The van der Waals surface area contributed by atoms with Crippen LogP contribution < -0.4 is 0 Å². The fraction of sp³-hybridized carbons (Fsp3) is 0.143. The first-order chi connectivity index (χ1) is 21.0. The largest absolute Gasteiger partial charge is 0.508 e. The van der Waals surface area contributed by atoms with Crippen molar-refractivity contribution in [3.8, 4) is 0 Å². The van der Waals surface area contributed by atoms with Crippen molar-refractivity contribution in [2.75, 3.05) is 5.34 Å². The second kappa shape index (κ2) is 16.8. The third-order valence-electron chi connectivity index (χ3n) is 6.28. The highest BCUT2D eigenvalue weighted by molar-refractivity contribution is 6.40. The molecule has 7 aliphatic rings. The summed E-state index contributed by atoms with van der Waals surface area (Å²) in [6, 6.07) is 30.9. The Morgan fingerprint density at radius 2 is 0.581 bits per heavy atom. The van der Waals surface area contributed by atoms with Crippen molar-refractivity contribution in [2.45, 2.75) is 26.4 Å². The lowest BCUT2D eigenvalue weighted by molar-refractivity contribution is 0.0438. The number of carbonyl (C=O) groups excluding carboxylic acids is 2. The van der Waals surface area contributed by atoms with Gasteiger partial charge in [-0.1, -0.05) is 121 Å². The molecular weight excluding hydrogens is 587 g/mol. The first-order valence-corrected chi connectivity index (χ1v) is 14.5. The molecule has 0 saturated carbocycles. The summed E-state index contributed by atoms with van der Waals surface area (Å²) in [5, 5.41) is 0.194. The molecule has 7 aliphatic heterocycles. The van der Waals surface area contributed by atoms with E-state index in [9.17, 15) is 9.59 Å². The number of halogens is 2. The number of ether oxygens (including phenoxy) is 4. The second-order valence-corrected chi connectivity index (χ2v) is 10.2. The molecule has 43 heavy (non-hydrogen) atoms. The number of hydrogen-bond donors (Lipinski definition) is 0.